The van der Waals surface area contributed by atoms with Gasteiger partial charge in [0.2, 0.25) is 5.78 Å². The first kappa shape index (κ1) is 20.5. The highest BCUT2D eigenvalue weighted by Crippen LogP contribution is 2.38. The standard InChI is InChI=1S/C24H19N3O3S/c1-14(26)19(12-25)21(28)13-30-24(29)22-17-6-2-3-7-20(17)27-23-15(8-9-18(22)23)11-16-5-4-10-31-16/h2-7,10-11H,8-9,13,26H2,1H3. The molecule has 2 aromatic heterocycles. The van der Waals surface area contributed by atoms with Gasteiger partial charge in [-0.1, -0.05) is 24.3 Å². The number of hydrogen-bond donors (Lipinski definition) is 1. The molecule has 0 saturated heterocycles. The van der Waals surface area contributed by atoms with E-state index in [2.05, 4.69) is 6.08 Å². The summed E-state index contributed by atoms with van der Waals surface area (Å²) in [5, 5.41) is 11.8. The third-order valence-electron chi connectivity index (χ3n) is 5.12. The summed E-state index contributed by atoms with van der Waals surface area (Å²) < 4.78 is 5.32. The van der Waals surface area contributed by atoms with Crippen molar-refractivity contribution < 1.29 is 14.3 Å². The number of Topliss-reactive ketones (excluding diaryl/α,β-unsaturated/α-hetero) is 1. The minimum atomic E-state index is -0.621. The molecular formula is C24H19N3O3S. The Morgan fingerprint density at radius 1 is 1.26 bits per heavy atom. The van der Waals surface area contributed by atoms with Crippen LogP contribution in [0.5, 0.6) is 0 Å². The molecule has 6 nitrogen and oxygen atoms in total. The SMILES string of the molecule is CC(N)=C(C#N)C(=O)COC(=O)c1c2c(nc3ccccc13)C(=Cc1cccs1)CC2. The number of rotatable bonds is 5. The summed E-state index contributed by atoms with van der Waals surface area (Å²) in [5.74, 6) is -1.23. The van der Waals surface area contributed by atoms with Crippen molar-refractivity contribution in [2.45, 2.75) is 19.8 Å². The monoisotopic (exact) mass is 429 g/mol. The summed E-state index contributed by atoms with van der Waals surface area (Å²) in [4.78, 5) is 31.2. The van der Waals surface area contributed by atoms with Crippen LogP contribution in [0.2, 0.25) is 0 Å². The van der Waals surface area contributed by atoms with Gasteiger partial charge < -0.3 is 10.5 Å². The van der Waals surface area contributed by atoms with Gasteiger partial charge in [-0.3, -0.25) is 4.79 Å². The summed E-state index contributed by atoms with van der Waals surface area (Å²) in [5.41, 5.74) is 9.27. The van der Waals surface area contributed by atoms with E-state index < -0.39 is 18.4 Å². The normalized spacial score (nSPS) is 14.8. The Kier molecular flexibility index (Phi) is 5.65. The molecule has 1 aromatic carbocycles. The predicted molar refractivity (Wildman–Crippen MR) is 120 cm³/mol. The van der Waals surface area contributed by atoms with Crippen molar-refractivity contribution in [3.63, 3.8) is 0 Å². The number of thiophene rings is 1. The number of carbonyl (C=O) groups excluding carboxylic acids is 2. The van der Waals surface area contributed by atoms with E-state index in [9.17, 15) is 9.59 Å². The van der Waals surface area contributed by atoms with Crippen molar-refractivity contribution in [3.8, 4) is 6.07 Å². The maximum absolute atomic E-state index is 13.1. The first-order valence-electron chi connectivity index (χ1n) is 9.72. The number of pyridine rings is 1. The molecule has 2 heterocycles. The van der Waals surface area contributed by atoms with E-state index in [4.69, 9.17) is 20.7 Å². The Balaban J connectivity index is 1.73. The molecule has 0 fully saturated rings. The van der Waals surface area contributed by atoms with E-state index in [1.165, 1.54) is 6.92 Å². The van der Waals surface area contributed by atoms with Gasteiger partial charge in [0.05, 0.1) is 16.8 Å². The van der Waals surface area contributed by atoms with Crippen LogP contribution >= 0.6 is 11.3 Å². The number of allylic oxidation sites excluding steroid dienone is 2. The van der Waals surface area contributed by atoms with Gasteiger partial charge in [0.25, 0.3) is 0 Å². The molecule has 0 radical (unpaired) electrons. The average molecular weight is 430 g/mol. The molecule has 0 saturated carbocycles. The van der Waals surface area contributed by atoms with Crippen LogP contribution in [0.3, 0.4) is 0 Å². The zero-order valence-electron chi connectivity index (χ0n) is 16.8. The van der Waals surface area contributed by atoms with Crippen LogP contribution in [0.15, 0.2) is 53.0 Å². The van der Waals surface area contributed by atoms with Crippen LogP contribution in [-0.4, -0.2) is 23.3 Å². The Labute approximate surface area is 183 Å². The number of carbonyl (C=O) groups is 2. The average Bonchev–Trinajstić information content (AvgIpc) is 3.41. The number of para-hydroxylation sites is 1. The van der Waals surface area contributed by atoms with Crippen LogP contribution < -0.4 is 5.73 Å². The highest BCUT2D eigenvalue weighted by molar-refractivity contribution is 7.10. The molecule has 7 heteroatoms. The smallest absolute Gasteiger partial charge is 0.339 e. The van der Waals surface area contributed by atoms with E-state index in [0.29, 0.717) is 22.9 Å². The van der Waals surface area contributed by atoms with Crippen molar-refractivity contribution in [1.82, 2.24) is 4.98 Å². The first-order chi connectivity index (χ1) is 15.0. The number of aromatic nitrogens is 1. The zero-order valence-corrected chi connectivity index (χ0v) is 17.7. The van der Waals surface area contributed by atoms with Gasteiger partial charge >= 0.3 is 5.97 Å². The largest absolute Gasteiger partial charge is 0.454 e. The van der Waals surface area contributed by atoms with Crippen LogP contribution in [-0.2, 0) is 16.0 Å². The second kappa shape index (κ2) is 8.54. The molecular weight excluding hydrogens is 410 g/mol. The van der Waals surface area contributed by atoms with Crippen molar-refractivity contribution >= 4 is 45.6 Å². The molecule has 0 spiro atoms. The number of esters is 1. The van der Waals surface area contributed by atoms with Crippen LogP contribution in [0.1, 0.15) is 39.8 Å². The quantitative estimate of drug-likeness (QED) is 0.369. The van der Waals surface area contributed by atoms with Crippen molar-refractivity contribution in [2.75, 3.05) is 6.61 Å². The minimum Gasteiger partial charge on any atom is -0.454 e. The van der Waals surface area contributed by atoms with E-state index in [0.717, 1.165) is 28.1 Å². The zero-order chi connectivity index (χ0) is 22.0. The summed E-state index contributed by atoms with van der Waals surface area (Å²) >= 11 is 1.64. The molecule has 154 valence electrons. The molecule has 31 heavy (non-hydrogen) atoms. The molecule has 0 bridgehead atoms. The second-order valence-corrected chi connectivity index (χ2v) is 8.16. The molecule has 2 N–H and O–H groups in total. The minimum absolute atomic E-state index is 0.0992. The fourth-order valence-electron chi connectivity index (χ4n) is 3.70. The van der Waals surface area contributed by atoms with Gasteiger partial charge in [-0.15, -0.1) is 11.3 Å². The number of ether oxygens (including phenoxy) is 1. The highest BCUT2D eigenvalue weighted by atomic mass is 32.1. The number of hydrogen-bond acceptors (Lipinski definition) is 7. The summed E-state index contributed by atoms with van der Waals surface area (Å²) in [7, 11) is 0. The third-order valence-corrected chi connectivity index (χ3v) is 5.94. The lowest BCUT2D eigenvalue weighted by Crippen LogP contribution is -2.19. The number of nitriles is 1. The number of benzene rings is 1. The fourth-order valence-corrected chi connectivity index (χ4v) is 4.38. The number of fused-ring (bicyclic) bond motifs is 2. The van der Waals surface area contributed by atoms with Gasteiger partial charge in [0.1, 0.15) is 11.6 Å². The maximum atomic E-state index is 13.1. The van der Waals surface area contributed by atoms with E-state index in [1.54, 1.807) is 17.4 Å². The Morgan fingerprint density at radius 2 is 2.06 bits per heavy atom. The van der Waals surface area contributed by atoms with E-state index in [-0.39, 0.29) is 11.3 Å². The molecule has 3 aromatic rings. The number of nitrogens with zero attached hydrogens (tertiary/aromatic N) is 2. The maximum Gasteiger partial charge on any atom is 0.339 e. The third kappa shape index (κ3) is 3.98. The van der Waals surface area contributed by atoms with Gasteiger partial charge in [-0.2, -0.15) is 5.26 Å². The van der Waals surface area contributed by atoms with Gasteiger partial charge in [-0.25, -0.2) is 9.78 Å². The number of ketones is 1. The Morgan fingerprint density at radius 3 is 2.77 bits per heavy atom. The summed E-state index contributed by atoms with van der Waals surface area (Å²) in [6.07, 6.45) is 3.53. The lowest BCUT2D eigenvalue weighted by atomic mass is 10.0. The Hall–Kier alpha value is -3.76. The lowest BCUT2D eigenvalue weighted by molar-refractivity contribution is -0.118. The van der Waals surface area contributed by atoms with E-state index >= 15 is 0 Å². The topological polar surface area (TPSA) is 106 Å². The lowest BCUT2D eigenvalue weighted by Gasteiger charge is -2.12. The van der Waals surface area contributed by atoms with Crippen molar-refractivity contribution in [3.05, 3.63) is 74.7 Å². The van der Waals surface area contributed by atoms with Crippen LogP contribution in [0.25, 0.3) is 22.6 Å². The fraction of sp³-hybridized carbons (Fsp3) is 0.167. The van der Waals surface area contributed by atoms with Gasteiger partial charge in [0, 0.05) is 16.0 Å². The molecule has 4 rings (SSSR count). The molecule has 1 aliphatic carbocycles. The molecule has 1 aliphatic rings. The van der Waals surface area contributed by atoms with E-state index in [1.807, 2.05) is 41.8 Å². The van der Waals surface area contributed by atoms with Crippen LogP contribution in [0.4, 0.5) is 0 Å². The molecule has 0 unspecified atom stereocenters. The number of nitrogens with two attached hydrogens (primary N) is 1. The van der Waals surface area contributed by atoms with Crippen molar-refractivity contribution in [2.24, 2.45) is 5.73 Å². The van der Waals surface area contributed by atoms with Crippen LogP contribution in [0, 0.1) is 11.3 Å². The molecule has 0 aliphatic heterocycles. The van der Waals surface area contributed by atoms with Gasteiger partial charge in [0.15, 0.2) is 6.61 Å². The second-order valence-electron chi connectivity index (χ2n) is 7.19. The first-order valence-corrected chi connectivity index (χ1v) is 10.6. The summed E-state index contributed by atoms with van der Waals surface area (Å²) in [6.45, 7) is 0.919. The molecule has 0 atom stereocenters. The highest BCUT2D eigenvalue weighted by Gasteiger charge is 2.28. The Bertz CT molecular complexity index is 1290. The van der Waals surface area contributed by atoms with Gasteiger partial charge in [-0.05, 0) is 54.5 Å². The summed E-state index contributed by atoms with van der Waals surface area (Å²) in [6, 6.07) is 13.2. The van der Waals surface area contributed by atoms with Crippen molar-refractivity contribution in [1.29, 1.82) is 5.26 Å². The predicted octanol–water partition coefficient (Wildman–Crippen LogP) is 4.27. The molecule has 0 amide bonds.